The number of aromatic nitrogens is 1. The number of ether oxygens (including phenoxy) is 1. The van der Waals surface area contributed by atoms with Gasteiger partial charge in [0.05, 0.1) is 7.11 Å². The van der Waals surface area contributed by atoms with Crippen molar-refractivity contribution in [3.63, 3.8) is 0 Å². The molecule has 2 N–H and O–H groups in total. The molecule has 1 aliphatic heterocycles. The highest BCUT2D eigenvalue weighted by atomic mass is 16.5. The zero-order chi connectivity index (χ0) is 19.6. The summed E-state index contributed by atoms with van der Waals surface area (Å²) in [5, 5.41) is 6.74. The minimum atomic E-state index is 0.687. The quantitative estimate of drug-likeness (QED) is 0.594. The van der Waals surface area contributed by atoms with Gasteiger partial charge in [0.25, 0.3) is 0 Å². The summed E-state index contributed by atoms with van der Waals surface area (Å²) in [5.74, 6) is 2.72. The van der Waals surface area contributed by atoms with Crippen molar-refractivity contribution < 1.29 is 4.74 Å². The van der Waals surface area contributed by atoms with Crippen molar-refractivity contribution in [2.24, 2.45) is 4.99 Å². The first-order chi connectivity index (χ1) is 13.8. The van der Waals surface area contributed by atoms with Crippen LogP contribution in [0.15, 0.2) is 47.6 Å². The van der Waals surface area contributed by atoms with Crippen molar-refractivity contribution in [3.8, 4) is 5.75 Å². The smallest absolute Gasteiger partial charge is 0.191 e. The number of guanidine groups is 1. The Morgan fingerprint density at radius 3 is 2.43 bits per heavy atom. The van der Waals surface area contributed by atoms with E-state index in [1.54, 1.807) is 14.2 Å². The third kappa shape index (κ3) is 5.87. The Kier molecular flexibility index (Phi) is 7.53. The molecule has 1 saturated heterocycles. The standard InChI is InChI=1S/C22H31N5O/c1-23-22(25-16-18-8-7-9-20(14-18)28-2)26-17-19-10-11-24-21(15-19)27-12-5-3-4-6-13-27/h7-11,14-15H,3-6,12-13,16-17H2,1-2H3,(H2,23,25,26). The molecule has 1 aliphatic rings. The summed E-state index contributed by atoms with van der Waals surface area (Å²) in [6.45, 7) is 3.61. The normalized spacial score (nSPS) is 15.1. The number of nitrogens with zero attached hydrogens (tertiary/aromatic N) is 3. The molecule has 0 bridgehead atoms. The zero-order valence-electron chi connectivity index (χ0n) is 16.9. The highest BCUT2D eigenvalue weighted by molar-refractivity contribution is 5.79. The molecule has 28 heavy (non-hydrogen) atoms. The summed E-state index contributed by atoms with van der Waals surface area (Å²) in [7, 11) is 3.47. The van der Waals surface area contributed by atoms with Gasteiger partial charge in [0.1, 0.15) is 11.6 Å². The lowest BCUT2D eigenvalue weighted by atomic mass is 10.2. The van der Waals surface area contributed by atoms with E-state index >= 15 is 0 Å². The number of rotatable bonds is 6. The lowest BCUT2D eigenvalue weighted by molar-refractivity contribution is 0.414. The molecule has 1 fully saturated rings. The van der Waals surface area contributed by atoms with Crippen molar-refractivity contribution >= 4 is 11.8 Å². The first-order valence-corrected chi connectivity index (χ1v) is 10.1. The summed E-state index contributed by atoms with van der Waals surface area (Å²) in [5.41, 5.74) is 2.35. The highest BCUT2D eigenvalue weighted by Crippen LogP contribution is 2.18. The molecule has 0 spiro atoms. The van der Waals surface area contributed by atoms with Gasteiger partial charge in [0.15, 0.2) is 5.96 Å². The maximum atomic E-state index is 5.28. The number of hydrogen-bond acceptors (Lipinski definition) is 4. The average Bonchev–Trinajstić information content (AvgIpc) is 3.04. The Morgan fingerprint density at radius 1 is 1.04 bits per heavy atom. The summed E-state index contributed by atoms with van der Waals surface area (Å²) in [6, 6.07) is 12.3. The summed E-state index contributed by atoms with van der Waals surface area (Å²) >= 11 is 0. The van der Waals surface area contributed by atoms with E-state index in [0.29, 0.717) is 13.1 Å². The molecule has 0 unspecified atom stereocenters. The van der Waals surface area contributed by atoms with Crippen LogP contribution in [0.1, 0.15) is 36.8 Å². The molecule has 150 valence electrons. The molecule has 0 atom stereocenters. The minimum Gasteiger partial charge on any atom is -0.497 e. The second-order valence-electron chi connectivity index (χ2n) is 7.05. The third-order valence-electron chi connectivity index (χ3n) is 5.02. The van der Waals surface area contributed by atoms with Crippen molar-refractivity contribution in [2.75, 3.05) is 32.1 Å². The number of nitrogens with one attached hydrogen (secondary N) is 2. The molecule has 6 heteroatoms. The number of anilines is 1. The van der Waals surface area contributed by atoms with E-state index in [2.05, 4.69) is 43.7 Å². The monoisotopic (exact) mass is 381 g/mol. The van der Waals surface area contributed by atoms with Gasteiger partial charge in [-0.3, -0.25) is 4.99 Å². The number of pyridine rings is 1. The molecular weight excluding hydrogens is 350 g/mol. The van der Waals surface area contributed by atoms with E-state index in [4.69, 9.17) is 4.74 Å². The first-order valence-electron chi connectivity index (χ1n) is 10.1. The van der Waals surface area contributed by atoms with Gasteiger partial charge in [-0.15, -0.1) is 0 Å². The fourth-order valence-electron chi connectivity index (χ4n) is 3.42. The SMILES string of the molecule is CN=C(NCc1cccc(OC)c1)NCc1ccnc(N2CCCCCC2)c1. The molecule has 6 nitrogen and oxygen atoms in total. The van der Waals surface area contributed by atoms with E-state index < -0.39 is 0 Å². The van der Waals surface area contributed by atoms with Gasteiger partial charge in [0.2, 0.25) is 0 Å². The van der Waals surface area contributed by atoms with Crippen LogP contribution in [0.4, 0.5) is 5.82 Å². The van der Waals surface area contributed by atoms with Crippen LogP contribution in [0.5, 0.6) is 5.75 Å². The molecule has 0 saturated carbocycles. The largest absolute Gasteiger partial charge is 0.497 e. The lowest BCUT2D eigenvalue weighted by Gasteiger charge is -2.22. The third-order valence-corrected chi connectivity index (χ3v) is 5.02. The van der Waals surface area contributed by atoms with Crippen LogP contribution in [-0.4, -0.2) is 38.2 Å². The van der Waals surface area contributed by atoms with Crippen molar-refractivity contribution in [2.45, 2.75) is 38.8 Å². The molecule has 1 aromatic heterocycles. The maximum Gasteiger partial charge on any atom is 0.191 e. The summed E-state index contributed by atoms with van der Waals surface area (Å²) < 4.78 is 5.28. The lowest BCUT2D eigenvalue weighted by Crippen LogP contribution is -2.36. The predicted molar refractivity (Wildman–Crippen MR) is 115 cm³/mol. The van der Waals surface area contributed by atoms with E-state index in [1.165, 1.54) is 31.2 Å². The van der Waals surface area contributed by atoms with Gasteiger partial charge in [-0.05, 0) is 48.2 Å². The molecule has 2 aromatic rings. The Labute approximate surface area is 168 Å². The van der Waals surface area contributed by atoms with Gasteiger partial charge >= 0.3 is 0 Å². The van der Waals surface area contributed by atoms with Crippen LogP contribution < -0.4 is 20.3 Å². The van der Waals surface area contributed by atoms with E-state index in [0.717, 1.165) is 36.2 Å². The molecule has 0 aliphatic carbocycles. The molecule has 1 aromatic carbocycles. The van der Waals surface area contributed by atoms with E-state index in [-0.39, 0.29) is 0 Å². The molecule has 0 radical (unpaired) electrons. The van der Waals surface area contributed by atoms with Crippen molar-refractivity contribution in [3.05, 3.63) is 53.7 Å². The van der Waals surface area contributed by atoms with Crippen molar-refractivity contribution in [1.29, 1.82) is 0 Å². The Morgan fingerprint density at radius 2 is 1.75 bits per heavy atom. The number of aliphatic imine (C=N–C) groups is 1. The van der Waals surface area contributed by atoms with Gasteiger partial charge in [-0.2, -0.15) is 0 Å². The van der Waals surface area contributed by atoms with Gasteiger partial charge < -0.3 is 20.3 Å². The minimum absolute atomic E-state index is 0.687. The van der Waals surface area contributed by atoms with Crippen LogP contribution >= 0.6 is 0 Å². The first kappa shape index (κ1) is 20.0. The van der Waals surface area contributed by atoms with Gasteiger partial charge in [0, 0.05) is 39.4 Å². The van der Waals surface area contributed by atoms with Crippen LogP contribution in [-0.2, 0) is 13.1 Å². The van der Waals surface area contributed by atoms with Crippen LogP contribution in [0.3, 0.4) is 0 Å². The average molecular weight is 382 g/mol. The van der Waals surface area contributed by atoms with Crippen molar-refractivity contribution in [1.82, 2.24) is 15.6 Å². The fraction of sp³-hybridized carbons (Fsp3) is 0.455. The van der Waals surface area contributed by atoms with E-state index in [1.807, 2.05) is 24.4 Å². The Balaban J connectivity index is 1.53. The highest BCUT2D eigenvalue weighted by Gasteiger charge is 2.11. The number of methoxy groups -OCH3 is 1. The summed E-state index contributed by atoms with van der Waals surface area (Å²) in [6.07, 6.45) is 7.07. The van der Waals surface area contributed by atoms with Crippen LogP contribution in [0, 0.1) is 0 Å². The molecule has 0 amide bonds. The predicted octanol–water partition coefficient (Wildman–Crippen LogP) is 3.34. The Hall–Kier alpha value is -2.76. The molecule has 3 rings (SSSR count). The second-order valence-corrected chi connectivity index (χ2v) is 7.05. The summed E-state index contributed by atoms with van der Waals surface area (Å²) in [4.78, 5) is 11.3. The number of hydrogen-bond donors (Lipinski definition) is 2. The fourth-order valence-corrected chi connectivity index (χ4v) is 3.42. The molecule has 2 heterocycles. The van der Waals surface area contributed by atoms with Crippen LogP contribution in [0.2, 0.25) is 0 Å². The maximum absolute atomic E-state index is 5.28. The van der Waals surface area contributed by atoms with E-state index in [9.17, 15) is 0 Å². The topological polar surface area (TPSA) is 61.8 Å². The van der Waals surface area contributed by atoms with Gasteiger partial charge in [-0.25, -0.2) is 4.98 Å². The molecular formula is C22H31N5O. The van der Waals surface area contributed by atoms with Crippen LogP contribution in [0.25, 0.3) is 0 Å². The number of benzene rings is 1. The van der Waals surface area contributed by atoms with Gasteiger partial charge in [-0.1, -0.05) is 25.0 Å². The zero-order valence-corrected chi connectivity index (χ0v) is 16.9. The second kappa shape index (κ2) is 10.5. The Bertz CT molecular complexity index is 769.